The van der Waals surface area contributed by atoms with Crippen LogP contribution in [0.2, 0.25) is 5.02 Å². The van der Waals surface area contributed by atoms with E-state index in [4.69, 9.17) is 11.6 Å². The Labute approximate surface area is 141 Å². The van der Waals surface area contributed by atoms with Gasteiger partial charge in [0.25, 0.3) is 0 Å². The van der Waals surface area contributed by atoms with Crippen molar-refractivity contribution in [1.29, 1.82) is 0 Å². The molecule has 0 aliphatic rings. The summed E-state index contributed by atoms with van der Waals surface area (Å²) in [4.78, 5) is 19.2. The quantitative estimate of drug-likeness (QED) is 0.490. The van der Waals surface area contributed by atoms with Gasteiger partial charge in [0, 0.05) is 34.2 Å². The van der Waals surface area contributed by atoms with E-state index in [-0.39, 0.29) is 17.5 Å². The molecule has 0 radical (unpaired) electrons. The van der Waals surface area contributed by atoms with E-state index in [1.165, 1.54) is 17.0 Å². The number of carbonyl (C=O) groups excluding carboxylic acids is 1. The van der Waals surface area contributed by atoms with Gasteiger partial charge in [0.15, 0.2) is 5.96 Å². The van der Waals surface area contributed by atoms with Crippen molar-refractivity contribution >= 4 is 23.5 Å². The van der Waals surface area contributed by atoms with E-state index in [0.717, 1.165) is 5.56 Å². The van der Waals surface area contributed by atoms with Gasteiger partial charge in [-0.2, -0.15) is 0 Å². The molecule has 0 saturated carbocycles. The van der Waals surface area contributed by atoms with E-state index in [0.29, 0.717) is 19.0 Å². The van der Waals surface area contributed by atoms with Crippen LogP contribution in [0.5, 0.6) is 0 Å². The Hall–Kier alpha value is -2.08. The molecule has 1 aromatic rings. The van der Waals surface area contributed by atoms with Crippen LogP contribution < -0.4 is 5.32 Å². The molecule has 0 spiro atoms. The highest BCUT2D eigenvalue weighted by Crippen LogP contribution is 2.16. The molecular weight excluding hydrogens is 319 g/mol. The lowest BCUT2D eigenvalue weighted by molar-refractivity contribution is -0.127. The first-order valence-corrected chi connectivity index (χ1v) is 7.47. The van der Waals surface area contributed by atoms with Crippen LogP contribution in [0, 0.1) is 5.82 Å². The van der Waals surface area contributed by atoms with Crippen LogP contribution >= 0.6 is 11.6 Å². The maximum absolute atomic E-state index is 13.5. The zero-order valence-electron chi connectivity index (χ0n) is 13.6. The van der Waals surface area contributed by atoms with Crippen LogP contribution in [0.25, 0.3) is 0 Å². The number of likely N-dealkylation sites (N-methyl/N-ethyl adjacent to an activating group) is 1. The van der Waals surface area contributed by atoms with Crippen LogP contribution in [0.1, 0.15) is 5.56 Å². The molecule has 0 bridgehead atoms. The van der Waals surface area contributed by atoms with E-state index in [9.17, 15) is 9.18 Å². The number of rotatable bonds is 6. The Balaban J connectivity index is 2.83. The molecule has 0 aliphatic carbocycles. The molecule has 0 fully saturated rings. The zero-order valence-corrected chi connectivity index (χ0v) is 14.4. The minimum absolute atomic E-state index is 0.0335. The van der Waals surface area contributed by atoms with Crippen LogP contribution in [0.3, 0.4) is 0 Å². The fraction of sp³-hybridized carbons (Fsp3) is 0.375. The lowest BCUT2D eigenvalue weighted by atomic mass is 10.2. The smallest absolute Gasteiger partial charge is 0.243 e. The molecule has 126 valence electrons. The standard InChI is InChI=1S/C16H22ClFN4O/c1-5-8-19-16(20-10-15(23)21(2)3)22(4)11-12-6-7-13(17)14(18)9-12/h5-7,9H,1,8,10-11H2,2-4H3,(H,19,20). The predicted octanol–water partition coefficient (Wildman–Crippen LogP) is 2.13. The monoisotopic (exact) mass is 340 g/mol. The molecular formula is C16H22ClFN4O. The third-order valence-electron chi connectivity index (χ3n) is 3.03. The summed E-state index contributed by atoms with van der Waals surface area (Å²) in [6, 6.07) is 4.65. The summed E-state index contributed by atoms with van der Waals surface area (Å²) in [6.45, 7) is 4.61. The third kappa shape index (κ3) is 6.28. The summed E-state index contributed by atoms with van der Waals surface area (Å²) in [5, 5.41) is 3.17. The Kier molecular flexibility index (Phi) is 7.54. The highest BCUT2D eigenvalue weighted by Gasteiger charge is 2.10. The van der Waals surface area contributed by atoms with E-state index in [2.05, 4.69) is 16.9 Å². The van der Waals surface area contributed by atoms with Gasteiger partial charge in [-0.25, -0.2) is 9.38 Å². The number of hydrogen-bond acceptors (Lipinski definition) is 2. The Morgan fingerprint density at radius 2 is 2.13 bits per heavy atom. The van der Waals surface area contributed by atoms with Crippen LogP contribution in [0.15, 0.2) is 35.8 Å². The number of amides is 1. The second-order valence-corrected chi connectivity index (χ2v) is 5.61. The molecule has 1 N–H and O–H groups in total. The predicted molar refractivity (Wildman–Crippen MR) is 92.1 cm³/mol. The first-order chi connectivity index (χ1) is 10.8. The van der Waals surface area contributed by atoms with Gasteiger partial charge in [0.1, 0.15) is 12.4 Å². The average Bonchev–Trinajstić information content (AvgIpc) is 2.50. The van der Waals surface area contributed by atoms with Gasteiger partial charge < -0.3 is 15.1 Å². The number of benzene rings is 1. The maximum atomic E-state index is 13.5. The molecule has 0 atom stereocenters. The molecule has 0 saturated heterocycles. The van der Waals surface area contributed by atoms with Crippen molar-refractivity contribution in [3.63, 3.8) is 0 Å². The first kappa shape index (κ1) is 19.0. The molecule has 5 nitrogen and oxygen atoms in total. The van der Waals surface area contributed by atoms with Gasteiger partial charge in [-0.05, 0) is 17.7 Å². The van der Waals surface area contributed by atoms with Crippen molar-refractivity contribution in [2.45, 2.75) is 6.54 Å². The van der Waals surface area contributed by atoms with Gasteiger partial charge in [-0.15, -0.1) is 6.58 Å². The number of hydrogen-bond donors (Lipinski definition) is 1. The van der Waals surface area contributed by atoms with Gasteiger partial charge in [0.05, 0.1) is 5.02 Å². The third-order valence-corrected chi connectivity index (χ3v) is 3.34. The number of nitrogens with one attached hydrogen (secondary N) is 1. The zero-order chi connectivity index (χ0) is 17.4. The summed E-state index contributed by atoms with van der Waals surface area (Å²) in [7, 11) is 5.16. The highest BCUT2D eigenvalue weighted by atomic mass is 35.5. The molecule has 23 heavy (non-hydrogen) atoms. The number of guanidine groups is 1. The molecule has 0 unspecified atom stereocenters. The topological polar surface area (TPSA) is 47.9 Å². The van der Waals surface area contributed by atoms with Crippen molar-refractivity contribution in [2.75, 3.05) is 34.2 Å². The number of carbonyl (C=O) groups is 1. The summed E-state index contributed by atoms with van der Waals surface area (Å²) < 4.78 is 13.5. The van der Waals surface area contributed by atoms with Crippen LogP contribution in [-0.2, 0) is 11.3 Å². The summed E-state index contributed by atoms with van der Waals surface area (Å²) in [6.07, 6.45) is 1.69. The van der Waals surface area contributed by atoms with Crippen molar-refractivity contribution in [3.8, 4) is 0 Å². The molecule has 0 aliphatic heterocycles. The van der Waals surface area contributed by atoms with E-state index < -0.39 is 5.82 Å². The number of aliphatic imine (C=N–C) groups is 1. The van der Waals surface area contributed by atoms with Crippen LogP contribution in [0.4, 0.5) is 4.39 Å². The second-order valence-electron chi connectivity index (χ2n) is 5.20. The summed E-state index contributed by atoms with van der Waals surface area (Å²) in [5.74, 6) is -0.0257. The minimum Gasteiger partial charge on any atom is -0.353 e. The first-order valence-electron chi connectivity index (χ1n) is 7.09. The van der Waals surface area contributed by atoms with Gasteiger partial charge >= 0.3 is 0 Å². The maximum Gasteiger partial charge on any atom is 0.243 e. The van der Waals surface area contributed by atoms with Crippen molar-refractivity contribution in [3.05, 3.63) is 47.3 Å². The van der Waals surface area contributed by atoms with E-state index in [1.54, 1.807) is 31.1 Å². The van der Waals surface area contributed by atoms with Gasteiger partial charge in [-0.3, -0.25) is 4.79 Å². The largest absolute Gasteiger partial charge is 0.353 e. The highest BCUT2D eigenvalue weighted by molar-refractivity contribution is 6.30. The molecule has 7 heteroatoms. The van der Waals surface area contributed by atoms with Crippen molar-refractivity contribution in [1.82, 2.24) is 15.1 Å². The van der Waals surface area contributed by atoms with E-state index >= 15 is 0 Å². The van der Waals surface area contributed by atoms with Crippen molar-refractivity contribution in [2.24, 2.45) is 4.99 Å². The SMILES string of the molecule is C=CCNC(=NCC(=O)N(C)C)N(C)Cc1ccc(Cl)c(F)c1. The fourth-order valence-electron chi connectivity index (χ4n) is 1.75. The van der Waals surface area contributed by atoms with E-state index in [1.807, 2.05) is 7.05 Å². The molecule has 0 aromatic heterocycles. The Morgan fingerprint density at radius 1 is 1.43 bits per heavy atom. The average molecular weight is 341 g/mol. The molecule has 1 rings (SSSR count). The summed E-state index contributed by atoms with van der Waals surface area (Å²) in [5.41, 5.74) is 0.751. The van der Waals surface area contributed by atoms with Crippen molar-refractivity contribution < 1.29 is 9.18 Å². The molecule has 0 heterocycles. The number of halogens is 2. The van der Waals surface area contributed by atoms with Crippen LogP contribution in [-0.4, -0.2) is 55.9 Å². The fourth-order valence-corrected chi connectivity index (χ4v) is 1.86. The second kappa shape index (κ2) is 9.15. The van der Waals surface area contributed by atoms with Gasteiger partial charge in [0.2, 0.25) is 5.91 Å². The Morgan fingerprint density at radius 3 is 2.70 bits per heavy atom. The summed E-state index contributed by atoms with van der Waals surface area (Å²) >= 11 is 5.68. The lowest BCUT2D eigenvalue weighted by Gasteiger charge is -2.22. The lowest BCUT2D eigenvalue weighted by Crippen LogP contribution is -2.39. The molecule has 1 aromatic carbocycles. The number of nitrogens with zero attached hydrogens (tertiary/aromatic N) is 3. The Bertz CT molecular complexity index is 589. The molecule has 1 amide bonds. The normalized spacial score (nSPS) is 11.1. The minimum atomic E-state index is -0.460. The van der Waals surface area contributed by atoms with Gasteiger partial charge in [-0.1, -0.05) is 23.7 Å².